The number of fused-ring (bicyclic) bond motifs is 1. The number of nitrogens with one attached hydrogen (secondary N) is 2. The largest absolute Gasteiger partial charge is 0.458 e. The Hall–Kier alpha value is -3.91. The molecule has 0 spiro atoms. The molecule has 166 valence electrons. The van der Waals surface area contributed by atoms with Gasteiger partial charge in [0, 0.05) is 10.3 Å². The Morgan fingerprint density at radius 3 is 2.58 bits per heavy atom. The van der Waals surface area contributed by atoms with Crippen LogP contribution >= 0.6 is 11.3 Å². The highest BCUT2D eigenvalue weighted by Gasteiger charge is 2.51. The minimum absolute atomic E-state index is 0.325. The first-order chi connectivity index (χ1) is 16.0. The minimum Gasteiger partial charge on any atom is -0.458 e. The van der Waals surface area contributed by atoms with E-state index in [0.29, 0.717) is 11.3 Å². The maximum atomic E-state index is 13.2. The Bertz CT molecular complexity index is 1300. The molecule has 2 unspecified atom stereocenters. The first-order valence-electron chi connectivity index (χ1n) is 10.5. The molecule has 2 atom stereocenters. The summed E-state index contributed by atoms with van der Waals surface area (Å²) < 4.78 is 5.84. The number of benzene rings is 2. The molecular formula is C25H21N3O4S. The average molecular weight is 460 g/mol. The normalized spacial score (nSPS) is 19.0. The second-order valence-electron chi connectivity index (χ2n) is 8.02. The molecule has 4 amide bonds. The van der Waals surface area contributed by atoms with E-state index in [1.807, 2.05) is 66.0 Å². The minimum atomic E-state index is -1.39. The predicted molar refractivity (Wildman–Crippen MR) is 125 cm³/mol. The highest BCUT2D eigenvalue weighted by Crippen LogP contribution is 2.33. The van der Waals surface area contributed by atoms with E-state index in [4.69, 9.17) is 4.42 Å². The van der Waals surface area contributed by atoms with Crippen molar-refractivity contribution in [3.05, 3.63) is 94.4 Å². The van der Waals surface area contributed by atoms with Crippen LogP contribution < -0.4 is 10.6 Å². The topological polar surface area (TPSA) is 91.7 Å². The lowest BCUT2D eigenvalue weighted by Crippen LogP contribution is -2.43. The molecule has 1 aliphatic heterocycles. The Kier molecular flexibility index (Phi) is 5.22. The van der Waals surface area contributed by atoms with Crippen LogP contribution in [0.25, 0.3) is 11.0 Å². The van der Waals surface area contributed by atoms with Crippen molar-refractivity contribution in [3.63, 3.8) is 0 Å². The van der Waals surface area contributed by atoms with Gasteiger partial charge in [-0.25, -0.2) is 4.79 Å². The summed E-state index contributed by atoms with van der Waals surface area (Å²) in [6.07, 6.45) is 0. The molecule has 0 radical (unpaired) electrons. The van der Waals surface area contributed by atoms with Crippen molar-refractivity contribution in [2.75, 3.05) is 6.54 Å². The lowest BCUT2D eigenvalue weighted by atomic mass is 9.99. The van der Waals surface area contributed by atoms with E-state index in [1.165, 1.54) is 11.3 Å². The zero-order valence-corrected chi connectivity index (χ0v) is 18.6. The van der Waals surface area contributed by atoms with E-state index in [2.05, 4.69) is 10.6 Å². The molecule has 4 aromatic rings. The fraction of sp³-hybridized carbons (Fsp3) is 0.160. The van der Waals surface area contributed by atoms with Gasteiger partial charge < -0.3 is 15.1 Å². The zero-order valence-electron chi connectivity index (χ0n) is 17.8. The van der Waals surface area contributed by atoms with Crippen molar-refractivity contribution in [3.8, 4) is 0 Å². The molecule has 0 saturated carbocycles. The van der Waals surface area contributed by atoms with Gasteiger partial charge in [-0.05, 0) is 36.1 Å². The van der Waals surface area contributed by atoms with Gasteiger partial charge in [-0.3, -0.25) is 14.5 Å². The molecule has 0 bridgehead atoms. The summed E-state index contributed by atoms with van der Waals surface area (Å²) in [5.74, 6) is -0.644. The molecule has 2 aromatic heterocycles. The van der Waals surface area contributed by atoms with Crippen molar-refractivity contribution < 1.29 is 18.8 Å². The third kappa shape index (κ3) is 3.78. The molecule has 2 aromatic carbocycles. The number of imide groups is 1. The molecule has 8 heteroatoms. The van der Waals surface area contributed by atoms with Crippen molar-refractivity contribution in [1.82, 2.24) is 15.5 Å². The summed E-state index contributed by atoms with van der Waals surface area (Å²) in [5, 5.41) is 8.42. The van der Waals surface area contributed by atoms with Gasteiger partial charge in [0.25, 0.3) is 5.91 Å². The number of urea groups is 1. The third-order valence-electron chi connectivity index (χ3n) is 5.76. The summed E-state index contributed by atoms with van der Waals surface area (Å²) in [7, 11) is 0. The number of nitrogens with zero attached hydrogens (tertiary/aromatic N) is 1. The third-order valence-corrected chi connectivity index (χ3v) is 6.70. The van der Waals surface area contributed by atoms with Crippen LogP contribution in [0.4, 0.5) is 4.79 Å². The summed E-state index contributed by atoms with van der Waals surface area (Å²) in [4.78, 5) is 40.8. The second kappa shape index (κ2) is 8.22. The van der Waals surface area contributed by atoms with Gasteiger partial charge in [0.15, 0.2) is 5.54 Å². The second-order valence-corrected chi connectivity index (χ2v) is 9.00. The Balaban J connectivity index is 1.36. The molecular weight excluding hydrogens is 438 g/mol. The Morgan fingerprint density at radius 1 is 1.09 bits per heavy atom. The van der Waals surface area contributed by atoms with Crippen LogP contribution in [0.3, 0.4) is 0 Å². The predicted octanol–water partition coefficient (Wildman–Crippen LogP) is 4.17. The smallest absolute Gasteiger partial charge is 0.325 e. The molecule has 1 saturated heterocycles. The number of rotatable bonds is 6. The van der Waals surface area contributed by atoms with Crippen LogP contribution in [0.2, 0.25) is 0 Å². The van der Waals surface area contributed by atoms with Gasteiger partial charge in [0.1, 0.15) is 17.9 Å². The SMILES string of the molecule is CC1(c2cc3ccccc3o2)NC(=O)N(CC(=O)NC(c2ccccc2)c2cccs2)C1=O. The first kappa shape index (κ1) is 21.0. The number of carbonyl (C=O) groups is 3. The van der Waals surface area contributed by atoms with Gasteiger partial charge in [-0.15, -0.1) is 11.3 Å². The Labute approximate surface area is 194 Å². The molecule has 3 heterocycles. The van der Waals surface area contributed by atoms with Crippen molar-refractivity contribution in [2.24, 2.45) is 0 Å². The van der Waals surface area contributed by atoms with Gasteiger partial charge >= 0.3 is 6.03 Å². The summed E-state index contributed by atoms with van der Waals surface area (Å²) in [6.45, 7) is 1.19. The van der Waals surface area contributed by atoms with Crippen molar-refractivity contribution in [2.45, 2.75) is 18.5 Å². The molecule has 1 fully saturated rings. The van der Waals surface area contributed by atoms with E-state index in [0.717, 1.165) is 20.7 Å². The first-order valence-corrected chi connectivity index (χ1v) is 11.3. The van der Waals surface area contributed by atoms with Gasteiger partial charge in [0.05, 0.1) is 6.04 Å². The highest BCUT2D eigenvalue weighted by atomic mass is 32.1. The maximum absolute atomic E-state index is 13.2. The monoisotopic (exact) mass is 459 g/mol. The van der Waals surface area contributed by atoms with Crippen molar-refractivity contribution in [1.29, 1.82) is 0 Å². The van der Waals surface area contributed by atoms with E-state index >= 15 is 0 Å². The molecule has 7 nitrogen and oxygen atoms in total. The Morgan fingerprint density at radius 2 is 1.85 bits per heavy atom. The quantitative estimate of drug-likeness (QED) is 0.424. The molecule has 0 aliphatic carbocycles. The summed E-state index contributed by atoms with van der Waals surface area (Å²) >= 11 is 1.52. The van der Waals surface area contributed by atoms with Gasteiger partial charge in [-0.2, -0.15) is 0 Å². The van der Waals surface area contributed by atoms with Crippen molar-refractivity contribution >= 4 is 40.2 Å². The summed E-state index contributed by atoms with van der Waals surface area (Å²) in [6, 6.07) is 21.5. The van der Waals surface area contributed by atoms with Crippen LogP contribution in [-0.4, -0.2) is 29.3 Å². The van der Waals surface area contributed by atoms with E-state index < -0.39 is 29.9 Å². The molecule has 1 aliphatic rings. The number of para-hydroxylation sites is 1. The van der Waals surface area contributed by atoms with E-state index in [1.54, 1.807) is 19.1 Å². The fourth-order valence-electron chi connectivity index (χ4n) is 4.01. The van der Waals surface area contributed by atoms with Crippen LogP contribution in [0.5, 0.6) is 0 Å². The zero-order chi connectivity index (χ0) is 23.0. The molecule has 33 heavy (non-hydrogen) atoms. The lowest BCUT2D eigenvalue weighted by Gasteiger charge is -2.21. The van der Waals surface area contributed by atoms with Crippen LogP contribution in [-0.2, 0) is 15.1 Å². The number of amides is 4. The number of thiophene rings is 1. The van der Waals surface area contributed by atoms with Gasteiger partial charge in [0.2, 0.25) is 5.91 Å². The van der Waals surface area contributed by atoms with Gasteiger partial charge in [-0.1, -0.05) is 54.6 Å². The maximum Gasteiger partial charge on any atom is 0.325 e. The van der Waals surface area contributed by atoms with E-state index in [9.17, 15) is 14.4 Å². The van der Waals surface area contributed by atoms with Crippen LogP contribution in [0.1, 0.15) is 29.2 Å². The van der Waals surface area contributed by atoms with Crippen LogP contribution in [0, 0.1) is 0 Å². The number of hydrogen-bond donors (Lipinski definition) is 2. The standard InChI is InChI=1S/C25H21N3O4S/c1-25(20-14-17-10-5-6-11-18(17)32-20)23(30)28(24(31)27-25)15-21(29)26-22(19-12-7-13-33-19)16-8-3-2-4-9-16/h2-14,22H,15H2,1H3,(H,26,29)(H,27,31). The number of hydrogen-bond acceptors (Lipinski definition) is 5. The number of furan rings is 1. The fourth-order valence-corrected chi connectivity index (χ4v) is 4.81. The van der Waals surface area contributed by atoms with Crippen LogP contribution in [0.15, 0.2) is 82.6 Å². The number of carbonyl (C=O) groups excluding carboxylic acids is 3. The molecule has 5 rings (SSSR count). The average Bonchev–Trinajstić information content (AvgIpc) is 3.55. The van der Waals surface area contributed by atoms with E-state index in [-0.39, 0.29) is 6.04 Å². The highest BCUT2D eigenvalue weighted by molar-refractivity contribution is 7.10. The summed E-state index contributed by atoms with van der Waals surface area (Å²) in [5.41, 5.74) is 0.148. The molecule has 2 N–H and O–H groups in total. The lowest BCUT2D eigenvalue weighted by molar-refractivity contribution is -0.135.